The molecule has 166 valence electrons. The molecule has 0 bridgehead atoms. The zero-order valence-electron chi connectivity index (χ0n) is 18.3. The molecule has 2 N–H and O–H groups in total. The maximum absolute atomic E-state index is 12.3. The first-order valence-corrected chi connectivity index (χ1v) is 12.3. The molecular weight excluding hydrogens is 400 g/mol. The van der Waals surface area contributed by atoms with Crippen molar-refractivity contribution in [2.75, 3.05) is 0 Å². The Morgan fingerprint density at radius 1 is 0.625 bits per heavy atom. The van der Waals surface area contributed by atoms with Crippen molar-refractivity contribution in [1.82, 2.24) is 0 Å². The molecular formula is C28H30O4. The van der Waals surface area contributed by atoms with Crippen LogP contribution in [-0.2, 0) is 0 Å². The van der Waals surface area contributed by atoms with E-state index in [0.717, 1.165) is 67.2 Å². The van der Waals surface area contributed by atoms with E-state index in [1.54, 1.807) is 0 Å². The van der Waals surface area contributed by atoms with E-state index in [-0.39, 0.29) is 5.92 Å². The molecule has 32 heavy (non-hydrogen) atoms. The average Bonchev–Trinajstić information content (AvgIpc) is 3.60. The smallest absolute Gasteiger partial charge is 0.336 e. The Bertz CT molecular complexity index is 1090. The number of hydrogen-bond donors (Lipinski definition) is 2. The fourth-order valence-corrected chi connectivity index (χ4v) is 6.55. The molecule has 0 amide bonds. The number of carboxylic acid groups (broad SMARTS) is 2. The fraction of sp³-hybridized carbons (Fsp3) is 0.500. The fourth-order valence-electron chi connectivity index (χ4n) is 6.55. The largest absolute Gasteiger partial charge is 0.478 e. The van der Waals surface area contributed by atoms with E-state index in [4.69, 9.17) is 0 Å². The minimum absolute atomic E-state index is 0.288. The van der Waals surface area contributed by atoms with Crippen LogP contribution >= 0.6 is 0 Å². The van der Waals surface area contributed by atoms with Gasteiger partial charge in [0.15, 0.2) is 0 Å². The van der Waals surface area contributed by atoms with E-state index >= 15 is 0 Å². The quantitative estimate of drug-likeness (QED) is 0.524. The summed E-state index contributed by atoms with van der Waals surface area (Å²) in [5.74, 6) is 0.757. The van der Waals surface area contributed by atoms with Gasteiger partial charge in [-0.15, -0.1) is 0 Å². The first kappa shape index (κ1) is 20.0. The molecule has 4 saturated carbocycles. The van der Waals surface area contributed by atoms with Crippen molar-refractivity contribution >= 4 is 11.9 Å². The molecule has 2 aromatic rings. The van der Waals surface area contributed by atoms with Crippen molar-refractivity contribution in [2.45, 2.75) is 75.0 Å². The molecule has 0 heterocycles. The third-order valence-electron chi connectivity index (χ3n) is 8.76. The summed E-state index contributed by atoms with van der Waals surface area (Å²) in [6.45, 7) is 0. The van der Waals surface area contributed by atoms with Gasteiger partial charge in [-0.25, -0.2) is 9.59 Å². The predicted molar refractivity (Wildman–Crippen MR) is 122 cm³/mol. The molecule has 4 heteroatoms. The number of carboxylic acids is 2. The van der Waals surface area contributed by atoms with Crippen molar-refractivity contribution in [3.63, 3.8) is 0 Å². The van der Waals surface area contributed by atoms with Gasteiger partial charge in [0.05, 0.1) is 11.1 Å². The summed E-state index contributed by atoms with van der Waals surface area (Å²) in [4.78, 5) is 24.4. The van der Waals surface area contributed by atoms with Crippen LogP contribution in [0.2, 0.25) is 0 Å². The molecule has 4 unspecified atom stereocenters. The average molecular weight is 431 g/mol. The predicted octanol–water partition coefficient (Wildman–Crippen LogP) is 6.53. The Morgan fingerprint density at radius 2 is 1.16 bits per heavy atom. The van der Waals surface area contributed by atoms with Crippen LogP contribution in [0.25, 0.3) is 0 Å². The summed E-state index contributed by atoms with van der Waals surface area (Å²) in [6.07, 6.45) is 8.75. The molecule has 0 radical (unpaired) electrons. The maximum atomic E-state index is 12.3. The van der Waals surface area contributed by atoms with Crippen LogP contribution in [0.15, 0.2) is 36.4 Å². The topological polar surface area (TPSA) is 74.6 Å². The van der Waals surface area contributed by atoms with Crippen LogP contribution in [0, 0.1) is 11.8 Å². The van der Waals surface area contributed by atoms with Crippen LogP contribution in [0.3, 0.4) is 0 Å². The Balaban J connectivity index is 1.28. The van der Waals surface area contributed by atoms with E-state index < -0.39 is 11.9 Å². The van der Waals surface area contributed by atoms with Crippen molar-refractivity contribution in [1.29, 1.82) is 0 Å². The molecule has 2 aromatic carbocycles. The standard InChI is InChI=1S/C28H30O4/c29-27(30)25-17(15-4-1-5-15)6-2-8-21(25)19-12-13-20(19)23-14-24(23)22-9-3-7-18(16-10-11-16)26(22)28(31)32/h2-3,6-9,15-16,19-20,23-24H,1,4-5,10-14H2,(H,29,30)(H,31,32). The molecule has 4 nitrogen and oxygen atoms in total. The number of carbonyl (C=O) groups is 2. The highest BCUT2D eigenvalue weighted by molar-refractivity contribution is 5.92. The highest BCUT2D eigenvalue weighted by Gasteiger charge is 2.52. The first-order chi connectivity index (χ1) is 15.5. The molecule has 4 fully saturated rings. The molecule has 0 aromatic heterocycles. The minimum Gasteiger partial charge on any atom is -0.478 e. The number of hydrogen-bond acceptors (Lipinski definition) is 2. The Morgan fingerprint density at radius 3 is 1.59 bits per heavy atom. The van der Waals surface area contributed by atoms with E-state index in [2.05, 4.69) is 6.07 Å². The van der Waals surface area contributed by atoms with Crippen LogP contribution in [-0.4, -0.2) is 22.2 Å². The van der Waals surface area contributed by atoms with Crippen molar-refractivity contribution < 1.29 is 19.8 Å². The molecule has 4 aliphatic rings. The summed E-state index contributed by atoms with van der Waals surface area (Å²) in [5, 5.41) is 20.0. The second-order valence-electron chi connectivity index (χ2n) is 10.5. The lowest BCUT2D eigenvalue weighted by atomic mass is 9.65. The summed E-state index contributed by atoms with van der Waals surface area (Å²) in [7, 11) is 0. The zero-order valence-corrected chi connectivity index (χ0v) is 18.3. The lowest BCUT2D eigenvalue weighted by molar-refractivity contribution is 0.0680. The van der Waals surface area contributed by atoms with Crippen LogP contribution in [0.4, 0.5) is 0 Å². The normalized spacial score (nSPS) is 29.1. The van der Waals surface area contributed by atoms with Gasteiger partial charge in [-0.3, -0.25) is 0 Å². The molecule has 4 aliphatic carbocycles. The van der Waals surface area contributed by atoms with Gasteiger partial charge in [-0.1, -0.05) is 42.8 Å². The molecule has 0 aliphatic heterocycles. The molecule has 4 atom stereocenters. The lowest BCUT2D eigenvalue weighted by Crippen LogP contribution is -2.29. The molecule has 0 spiro atoms. The summed E-state index contributed by atoms with van der Waals surface area (Å²) >= 11 is 0. The van der Waals surface area contributed by atoms with E-state index in [0.29, 0.717) is 40.7 Å². The monoisotopic (exact) mass is 430 g/mol. The third-order valence-corrected chi connectivity index (χ3v) is 8.76. The summed E-state index contributed by atoms with van der Waals surface area (Å²) in [5.41, 5.74) is 5.20. The van der Waals surface area contributed by atoms with Gasteiger partial charge in [0.25, 0.3) is 0 Å². The van der Waals surface area contributed by atoms with E-state index in [1.165, 1.54) is 6.42 Å². The first-order valence-electron chi connectivity index (χ1n) is 12.3. The van der Waals surface area contributed by atoms with Crippen LogP contribution in [0.1, 0.15) is 118 Å². The second kappa shape index (κ2) is 7.47. The van der Waals surface area contributed by atoms with Gasteiger partial charge in [-0.2, -0.15) is 0 Å². The van der Waals surface area contributed by atoms with Crippen molar-refractivity contribution in [2.24, 2.45) is 11.8 Å². The number of aromatic carboxylic acids is 2. The third kappa shape index (κ3) is 3.18. The van der Waals surface area contributed by atoms with Crippen molar-refractivity contribution in [3.05, 3.63) is 69.8 Å². The van der Waals surface area contributed by atoms with E-state index in [9.17, 15) is 19.8 Å². The molecule has 0 saturated heterocycles. The zero-order chi connectivity index (χ0) is 22.0. The van der Waals surface area contributed by atoms with Gasteiger partial charge in [0, 0.05) is 0 Å². The van der Waals surface area contributed by atoms with Crippen LogP contribution in [0.5, 0.6) is 0 Å². The van der Waals surface area contributed by atoms with Gasteiger partial charge in [0.2, 0.25) is 0 Å². The summed E-state index contributed by atoms with van der Waals surface area (Å²) in [6, 6.07) is 12.2. The van der Waals surface area contributed by atoms with Gasteiger partial charge in [-0.05, 0) is 103 Å². The van der Waals surface area contributed by atoms with Crippen LogP contribution < -0.4 is 0 Å². The molecule has 6 rings (SSSR count). The highest BCUT2D eigenvalue weighted by atomic mass is 16.4. The maximum Gasteiger partial charge on any atom is 0.336 e. The Kier molecular flexibility index (Phi) is 4.67. The second-order valence-corrected chi connectivity index (χ2v) is 10.5. The number of rotatable bonds is 7. The minimum atomic E-state index is -0.792. The highest BCUT2D eigenvalue weighted by Crippen LogP contribution is 2.62. The Labute approximate surface area is 188 Å². The lowest BCUT2D eigenvalue weighted by Gasteiger charge is -2.39. The number of benzene rings is 2. The van der Waals surface area contributed by atoms with Gasteiger partial charge < -0.3 is 10.2 Å². The van der Waals surface area contributed by atoms with Crippen molar-refractivity contribution in [3.8, 4) is 0 Å². The van der Waals surface area contributed by atoms with Gasteiger partial charge >= 0.3 is 11.9 Å². The summed E-state index contributed by atoms with van der Waals surface area (Å²) < 4.78 is 0. The Hall–Kier alpha value is -2.62. The SMILES string of the molecule is O=C(O)c1c(C2CCC2)cccc1C1CCC1C1CC1c1cccc(C2CC2)c1C(=O)O. The van der Waals surface area contributed by atoms with E-state index in [1.807, 2.05) is 30.3 Å². The van der Waals surface area contributed by atoms with Gasteiger partial charge in [0.1, 0.15) is 0 Å².